The lowest BCUT2D eigenvalue weighted by molar-refractivity contribution is -0.870. The quantitative estimate of drug-likeness (QED) is 0.0195. The summed E-state index contributed by atoms with van der Waals surface area (Å²) in [7, 11) is 1.16. The number of nitrogens with zero attached hydrogens (tertiary/aromatic N) is 1. The number of likely N-dealkylation sites (N-methyl/N-ethyl adjacent to an activating group) is 1. The fourth-order valence-corrected chi connectivity index (χ4v) is 9.14. The highest BCUT2D eigenvalue weighted by molar-refractivity contribution is 7.45. The molecule has 2 atom stereocenters. The fourth-order valence-electron chi connectivity index (χ4n) is 8.41. The van der Waals surface area contributed by atoms with Gasteiger partial charge in [-0.2, -0.15) is 0 Å². The molecule has 0 amide bonds. The van der Waals surface area contributed by atoms with Crippen LogP contribution < -0.4 is 4.89 Å². The van der Waals surface area contributed by atoms with Crippen molar-refractivity contribution >= 4 is 19.8 Å². The Hall–Kier alpha value is -2.81. The average Bonchev–Trinajstić information content (AvgIpc) is 3.37. The van der Waals surface area contributed by atoms with Gasteiger partial charge >= 0.3 is 11.9 Å². The molecule has 0 aromatic heterocycles. The number of phosphoric ester groups is 1. The Morgan fingerprint density at radius 1 is 0.427 bits per heavy atom. The molecule has 9 nitrogen and oxygen atoms in total. The summed E-state index contributed by atoms with van der Waals surface area (Å²) in [4.78, 5) is 37.8. The van der Waals surface area contributed by atoms with E-state index < -0.39 is 32.5 Å². The predicted octanol–water partition coefficient (Wildman–Crippen LogP) is 18.8. The van der Waals surface area contributed by atoms with Crippen molar-refractivity contribution < 1.29 is 42.1 Å². The first-order chi connectivity index (χ1) is 36.5. The van der Waals surface area contributed by atoms with Crippen molar-refractivity contribution in [3.05, 3.63) is 85.1 Å². The zero-order chi connectivity index (χ0) is 54.9. The van der Waals surface area contributed by atoms with Crippen LogP contribution in [0.2, 0.25) is 0 Å². The Labute approximate surface area is 462 Å². The summed E-state index contributed by atoms with van der Waals surface area (Å²) in [6.45, 7) is 4.08. The Morgan fingerprint density at radius 3 is 1.13 bits per heavy atom. The third-order valence-corrected chi connectivity index (χ3v) is 14.1. The zero-order valence-corrected chi connectivity index (χ0v) is 50.1. The number of carbonyl (C=O) groups is 2. The molecule has 0 bridgehead atoms. The van der Waals surface area contributed by atoms with Crippen molar-refractivity contribution in [3.8, 4) is 0 Å². The molecular formula is C65H116NO8P. The number of phosphoric acid groups is 1. The molecule has 2 unspecified atom stereocenters. The van der Waals surface area contributed by atoms with Crippen molar-refractivity contribution in [3.63, 3.8) is 0 Å². The molecule has 0 rings (SSSR count). The third-order valence-electron chi connectivity index (χ3n) is 13.1. The number of rotatable bonds is 56. The summed E-state index contributed by atoms with van der Waals surface area (Å²) < 4.78 is 34.1. The molecule has 10 heteroatoms. The van der Waals surface area contributed by atoms with Gasteiger partial charge in [0.2, 0.25) is 0 Å². The molecule has 0 N–H and O–H groups in total. The Morgan fingerprint density at radius 2 is 0.760 bits per heavy atom. The number of unbranched alkanes of at least 4 members (excludes halogenated alkanes) is 28. The van der Waals surface area contributed by atoms with E-state index in [9.17, 15) is 19.0 Å². The van der Waals surface area contributed by atoms with Crippen molar-refractivity contribution in [2.75, 3.05) is 47.5 Å². The third kappa shape index (κ3) is 60.3. The van der Waals surface area contributed by atoms with Gasteiger partial charge in [-0.1, -0.05) is 253 Å². The highest BCUT2D eigenvalue weighted by atomic mass is 31.2. The van der Waals surface area contributed by atoms with Crippen LogP contribution in [0.5, 0.6) is 0 Å². The molecule has 75 heavy (non-hydrogen) atoms. The van der Waals surface area contributed by atoms with Crippen LogP contribution in [-0.4, -0.2) is 70.0 Å². The molecule has 0 aromatic rings. The highest BCUT2D eigenvalue weighted by Gasteiger charge is 2.22. The second kappa shape index (κ2) is 55.9. The molecule has 0 aliphatic heterocycles. The van der Waals surface area contributed by atoms with Crippen molar-refractivity contribution in [2.45, 2.75) is 270 Å². The second-order valence-electron chi connectivity index (χ2n) is 21.7. The number of quaternary nitrogens is 1. The molecule has 0 fully saturated rings. The van der Waals surface area contributed by atoms with E-state index in [0.29, 0.717) is 23.9 Å². The van der Waals surface area contributed by atoms with Crippen LogP contribution in [0.3, 0.4) is 0 Å². The van der Waals surface area contributed by atoms with Gasteiger partial charge in [-0.15, -0.1) is 0 Å². The van der Waals surface area contributed by atoms with Gasteiger partial charge in [-0.3, -0.25) is 14.2 Å². The van der Waals surface area contributed by atoms with E-state index in [0.717, 1.165) is 96.3 Å². The summed E-state index contributed by atoms with van der Waals surface area (Å²) in [5, 5.41) is 0. The summed E-state index contributed by atoms with van der Waals surface area (Å²) in [5.41, 5.74) is 0. The Balaban J connectivity index is 3.97. The minimum Gasteiger partial charge on any atom is -0.756 e. The largest absolute Gasteiger partial charge is 0.756 e. The lowest BCUT2D eigenvalue weighted by Crippen LogP contribution is -2.37. The van der Waals surface area contributed by atoms with E-state index in [2.05, 4.69) is 98.9 Å². The number of allylic oxidation sites excluding steroid dienone is 14. The van der Waals surface area contributed by atoms with E-state index in [4.69, 9.17) is 18.5 Å². The van der Waals surface area contributed by atoms with Gasteiger partial charge in [-0.05, 0) is 83.5 Å². The van der Waals surface area contributed by atoms with Gasteiger partial charge in [0.1, 0.15) is 19.8 Å². The smallest absolute Gasteiger partial charge is 0.306 e. The van der Waals surface area contributed by atoms with Crippen LogP contribution in [0.4, 0.5) is 0 Å². The minimum absolute atomic E-state index is 0.0343. The molecule has 434 valence electrons. The number of carbonyl (C=O) groups excluding carboxylic acids is 2. The molecule has 0 saturated heterocycles. The number of hydrogen-bond acceptors (Lipinski definition) is 8. The molecule has 0 aliphatic carbocycles. The standard InChI is InChI=1S/C65H116NO8P/c1-6-8-10-12-14-16-18-20-22-23-24-25-26-27-28-29-30-31-32-33-34-35-36-37-38-39-40-41-42-43-44-46-48-50-52-54-56-58-65(68)74-63(62-73-75(69,70)72-60-59-66(3,4)5)61-71-64(67)57-55-53-51-49-47-45-21-19-17-15-13-11-9-7-2/h8,10,13-16,19-22,24-25,27-28,63H,6-7,9,11-12,17-18,23,26,29-62H2,1-5H3/b10-8-,15-13-,16-14-,21-19-,22-20-,25-24-,28-27-. The van der Waals surface area contributed by atoms with Gasteiger partial charge in [0, 0.05) is 12.8 Å². The molecule has 0 aliphatic rings. The first kappa shape index (κ1) is 72.2. The van der Waals surface area contributed by atoms with Gasteiger partial charge in [0.25, 0.3) is 7.82 Å². The summed E-state index contributed by atoms with van der Waals surface area (Å²) in [6, 6.07) is 0. The molecule has 0 aromatic carbocycles. The summed E-state index contributed by atoms with van der Waals surface area (Å²) in [5.74, 6) is -0.844. The fraction of sp³-hybridized carbons (Fsp3) is 0.754. The Kier molecular flexibility index (Phi) is 53.8. The van der Waals surface area contributed by atoms with Crippen LogP contribution >= 0.6 is 7.82 Å². The zero-order valence-electron chi connectivity index (χ0n) is 49.2. The van der Waals surface area contributed by atoms with Crippen LogP contribution in [-0.2, 0) is 32.7 Å². The van der Waals surface area contributed by atoms with E-state index >= 15 is 0 Å². The van der Waals surface area contributed by atoms with E-state index in [1.165, 1.54) is 128 Å². The van der Waals surface area contributed by atoms with E-state index in [1.54, 1.807) is 0 Å². The first-order valence-electron chi connectivity index (χ1n) is 30.8. The Bertz CT molecular complexity index is 1540. The monoisotopic (exact) mass is 1070 g/mol. The van der Waals surface area contributed by atoms with Crippen LogP contribution in [0.1, 0.15) is 264 Å². The van der Waals surface area contributed by atoms with Crippen molar-refractivity contribution in [1.82, 2.24) is 0 Å². The lowest BCUT2D eigenvalue weighted by Gasteiger charge is -2.28. The average molecular weight is 1070 g/mol. The molecule has 0 radical (unpaired) electrons. The molecular weight excluding hydrogens is 954 g/mol. The molecule has 0 spiro atoms. The van der Waals surface area contributed by atoms with Gasteiger partial charge in [0.15, 0.2) is 6.10 Å². The number of esters is 2. The van der Waals surface area contributed by atoms with Crippen LogP contribution in [0.15, 0.2) is 85.1 Å². The van der Waals surface area contributed by atoms with Gasteiger partial charge in [-0.25, -0.2) is 0 Å². The van der Waals surface area contributed by atoms with Crippen molar-refractivity contribution in [2.24, 2.45) is 0 Å². The maximum absolute atomic E-state index is 12.8. The first-order valence-corrected chi connectivity index (χ1v) is 32.3. The van der Waals surface area contributed by atoms with Gasteiger partial charge < -0.3 is 27.9 Å². The SMILES string of the molecule is CC/C=C\C/C=C\C/C=C\C/C=C\C/C=C\CCCCCCCCCCCCCCCCCCCCCCCC(=O)OC(COC(=O)CCCCCCC/C=C\C/C=C\CCCC)COP(=O)([O-])OCC[N+](C)(C)C. The molecule has 0 heterocycles. The van der Waals surface area contributed by atoms with E-state index in [-0.39, 0.29) is 26.1 Å². The lowest BCUT2D eigenvalue weighted by atomic mass is 10.0. The van der Waals surface area contributed by atoms with Crippen molar-refractivity contribution in [1.29, 1.82) is 0 Å². The maximum atomic E-state index is 12.8. The topological polar surface area (TPSA) is 111 Å². The summed E-state index contributed by atoms with van der Waals surface area (Å²) in [6.07, 6.45) is 75.1. The maximum Gasteiger partial charge on any atom is 0.306 e. The van der Waals surface area contributed by atoms with Gasteiger partial charge in [0.05, 0.1) is 27.7 Å². The predicted molar refractivity (Wildman–Crippen MR) is 319 cm³/mol. The highest BCUT2D eigenvalue weighted by Crippen LogP contribution is 2.38. The van der Waals surface area contributed by atoms with Crippen LogP contribution in [0, 0.1) is 0 Å². The number of ether oxygens (including phenoxy) is 2. The number of hydrogen-bond donors (Lipinski definition) is 0. The van der Waals surface area contributed by atoms with E-state index in [1.807, 2.05) is 21.1 Å². The normalized spacial score (nSPS) is 13.8. The van der Waals surface area contributed by atoms with Crippen LogP contribution in [0.25, 0.3) is 0 Å². The minimum atomic E-state index is -4.64. The molecule has 0 saturated carbocycles. The summed E-state index contributed by atoms with van der Waals surface area (Å²) >= 11 is 0. The second-order valence-corrected chi connectivity index (χ2v) is 23.1.